The molecular weight excluding hydrogens is 322 g/mol. The summed E-state index contributed by atoms with van der Waals surface area (Å²) in [7, 11) is 0. The first-order valence-corrected chi connectivity index (χ1v) is 6.08. The minimum absolute atomic E-state index is 0.0999. The molecule has 100 valence electrons. The highest BCUT2D eigenvalue weighted by molar-refractivity contribution is 9.10. The van der Waals surface area contributed by atoms with Crippen LogP contribution in [0.2, 0.25) is 0 Å². The number of alkyl halides is 2. The SMILES string of the molecule is O=Cc1cc(OCc2nccn2C(F)F)ccc1Br. The van der Waals surface area contributed by atoms with E-state index >= 15 is 0 Å². The number of carbonyl (C=O) groups excluding carboxylic acids is 1. The Bertz CT molecular complexity index is 587. The number of halogens is 3. The molecule has 0 unspecified atom stereocenters. The van der Waals surface area contributed by atoms with Crippen molar-refractivity contribution in [2.75, 3.05) is 0 Å². The minimum Gasteiger partial charge on any atom is -0.486 e. The molecule has 1 heterocycles. The van der Waals surface area contributed by atoms with Gasteiger partial charge in [-0.1, -0.05) is 15.9 Å². The van der Waals surface area contributed by atoms with E-state index in [9.17, 15) is 13.6 Å². The van der Waals surface area contributed by atoms with E-state index in [0.29, 0.717) is 22.1 Å². The lowest BCUT2D eigenvalue weighted by Gasteiger charge is -2.09. The first kappa shape index (κ1) is 13.7. The number of nitrogens with zero attached hydrogens (tertiary/aromatic N) is 2. The van der Waals surface area contributed by atoms with Gasteiger partial charge >= 0.3 is 6.55 Å². The maximum Gasteiger partial charge on any atom is 0.320 e. The Morgan fingerprint density at radius 1 is 1.47 bits per heavy atom. The molecule has 0 N–H and O–H groups in total. The topological polar surface area (TPSA) is 44.1 Å². The maximum absolute atomic E-state index is 12.6. The van der Waals surface area contributed by atoms with E-state index in [-0.39, 0.29) is 12.4 Å². The molecule has 0 atom stereocenters. The molecule has 0 amide bonds. The van der Waals surface area contributed by atoms with Crippen LogP contribution in [0.5, 0.6) is 5.75 Å². The summed E-state index contributed by atoms with van der Waals surface area (Å²) in [5.74, 6) is 0.527. The van der Waals surface area contributed by atoms with Crippen molar-refractivity contribution in [3.8, 4) is 5.75 Å². The minimum atomic E-state index is -2.66. The van der Waals surface area contributed by atoms with Gasteiger partial charge in [-0.2, -0.15) is 8.78 Å². The van der Waals surface area contributed by atoms with Crippen LogP contribution in [-0.4, -0.2) is 15.8 Å². The van der Waals surface area contributed by atoms with Crippen molar-refractivity contribution in [1.29, 1.82) is 0 Å². The van der Waals surface area contributed by atoms with Gasteiger partial charge in [-0.25, -0.2) is 4.98 Å². The normalized spacial score (nSPS) is 10.7. The molecule has 0 saturated carbocycles. The van der Waals surface area contributed by atoms with Crippen molar-refractivity contribution in [2.45, 2.75) is 13.2 Å². The monoisotopic (exact) mass is 330 g/mol. The van der Waals surface area contributed by atoms with E-state index in [2.05, 4.69) is 20.9 Å². The average Bonchev–Trinajstić information content (AvgIpc) is 2.86. The average molecular weight is 331 g/mol. The maximum atomic E-state index is 12.6. The van der Waals surface area contributed by atoms with Crippen molar-refractivity contribution < 1.29 is 18.3 Å². The van der Waals surface area contributed by atoms with Gasteiger partial charge < -0.3 is 4.74 Å². The Hall–Kier alpha value is -1.76. The highest BCUT2D eigenvalue weighted by atomic mass is 79.9. The molecule has 4 nitrogen and oxygen atoms in total. The molecule has 7 heteroatoms. The number of aromatic nitrogens is 2. The summed E-state index contributed by atoms with van der Waals surface area (Å²) in [6.07, 6.45) is 3.14. The Balaban J connectivity index is 2.10. The quantitative estimate of drug-likeness (QED) is 0.789. The molecule has 1 aromatic carbocycles. The molecule has 0 saturated heterocycles. The third-order valence-corrected chi connectivity index (χ3v) is 3.14. The molecule has 2 aromatic rings. The summed E-state index contributed by atoms with van der Waals surface area (Å²) in [6, 6.07) is 4.80. The predicted octanol–water partition coefficient (Wildman–Crippen LogP) is 3.43. The van der Waals surface area contributed by atoms with Gasteiger partial charge in [0.2, 0.25) is 0 Å². The summed E-state index contributed by atoms with van der Waals surface area (Å²) >= 11 is 3.21. The van der Waals surface area contributed by atoms with Crippen molar-refractivity contribution in [3.63, 3.8) is 0 Å². The number of benzene rings is 1. The van der Waals surface area contributed by atoms with Crippen LogP contribution in [0.1, 0.15) is 22.7 Å². The zero-order chi connectivity index (χ0) is 13.8. The van der Waals surface area contributed by atoms with Gasteiger partial charge in [0.1, 0.15) is 12.4 Å². The Kier molecular flexibility index (Phi) is 4.26. The molecule has 0 fully saturated rings. The van der Waals surface area contributed by atoms with Gasteiger partial charge in [0.05, 0.1) is 0 Å². The number of rotatable bonds is 5. The predicted molar refractivity (Wildman–Crippen MR) is 67.3 cm³/mol. The second-order valence-corrected chi connectivity index (χ2v) is 4.47. The number of hydrogen-bond acceptors (Lipinski definition) is 3. The fourth-order valence-corrected chi connectivity index (χ4v) is 1.82. The zero-order valence-corrected chi connectivity index (χ0v) is 11.2. The van der Waals surface area contributed by atoms with Gasteiger partial charge in [-0.05, 0) is 18.2 Å². The third-order valence-electron chi connectivity index (χ3n) is 2.42. The molecule has 19 heavy (non-hydrogen) atoms. The first-order valence-electron chi connectivity index (χ1n) is 5.29. The lowest BCUT2D eigenvalue weighted by atomic mass is 10.2. The van der Waals surface area contributed by atoms with Crippen LogP contribution in [0.3, 0.4) is 0 Å². The molecule has 0 aliphatic carbocycles. The lowest BCUT2D eigenvalue weighted by molar-refractivity contribution is 0.0632. The van der Waals surface area contributed by atoms with Crippen LogP contribution in [0.4, 0.5) is 8.78 Å². The van der Waals surface area contributed by atoms with E-state index in [1.807, 2.05) is 0 Å². The van der Waals surface area contributed by atoms with Gasteiger partial charge in [0.15, 0.2) is 12.1 Å². The fraction of sp³-hybridized carbons (Fsp3) is 0.167. The second-order valence-electron chi connectivity index (χ2n) is 3.62. The first-order chi connectivity index (χ1) is 9.11. The van der Waals surface area contributed by atoms with E-state index in [1.165, 1.54) is 18.5 Å². The number of carbonyl (C=O) groups is 1. The third kappa shape index (κ3) is 3.17. The van der Waals surface area contributed by atoms with Crippen molar-refractivity contribution in [1.82, 2.24) is 9.55 Å². The summed E-state index contributed by atoms with van der Waals surface area (Å²) in [6.45, 7) is -2.76. The Labute approximate surface area is 116 Å². The molecule has 2 rings (SSSR count). The fourth-order valence-electron chi connectivity index (χ4n) is 1.48. The van der Waals surface area contributed by atoms with Crippen LogP contribution >= 0.6 is 15.9 Å². The van der Waals surface area contributed by atoms with E-state index in [0.717, 1.165) is 4.57 Å². The van der Waals surface area contributed by atoms with Gasteiger partial charge in [0, 0.05) is 22.4 Å². The largest absolute Gasteiger partial charge is 0.486 e. The molecule has 0 aliphatic heterocycles. The molecule has 0 spiro atoms. The van der Waals surface area contributed by atoms with E-state index in [1.54, 1.807) is 12.1 Å². The molecule has 1 aromatic heterocycles. The van der Waals surface area contributed by atoms with Crippen LogP contribution in [0, 0.1) is 0 Å². The van der Waals surface area contributed by atoms with Gasteiger partial charge in [-0.3, -0.25) is 9.36 Å². The number of aldehydes is 1. The number of ether oxygens (including phenoxy) is 1. The molecule has 0 radical (unpaired) electrons. The van der Waals surface area contributed by atoms with Crippen molar-refractivity contribution in [2.24, 2.45) is 0 Å². The molecule has 0 aliphatic rings. The highest BCUT2D eigenvalue weighted by Gasteiger charge is 2.12. The van der Waals surface area contributed by atoms with E-state index in [4.69, 9.17) is 4.74 Å². The standard InChI is InChI=1S/C12H9BrF2N2O2/c13-10-2-1-9(5-8(10)6-18)19-7-11-16-3-4-17(11)12(14)15/h1-6,12H,7H2. The van der Waals surface area contributed by atoms with Gasteiger partial charge in [0.25, 0.3) is 0 Å². The summed E-state index contributed by atoms with van der Waals surface area (Å²) in [5, 5.41) is 0. The molecule has 0 bridgehead atoms. The number of imidazole rings is 1. The lowest BCUT2D eigenvalue weighted by Crippen LogP contribution is -2.07. The van der Waals surface area contributed by atoms with Crippen molar-refractivity contribution >= 4 is 22.2 Å². The van der Waals surface area contributed by atoms with Crippen molar-refractivity contribution in [3.05, 3.63) is 46.5 Å². The van der Waals surface area contributed by atoms with Crippen LogP contribution in [-0.2, 0) is 6.61 Å². The zero-order valence-electron chi connectivity index (χ0n) is 9.59. The summed E-state index contributed by atoms with van der Waals surface area (Å²) in [4.78, 5) is 14.5. The smallest absolute Gasteiger partial charge is 0.320 e. The molecular formula is C12H9BrF2N2O2. The second kappa shape index (κ2) is 5.92. The summed E-state index contributed by atoms with van der Waals surface area (Å²) in [5.41, 5.74) is 0.426. The van der Waals surface area contributed by atoms with Crippen LogP contribution in [0.15, 0.2) is 35.1 Å². The number of hydrogen-bond donors (Lipinski definition) is 0. The van der Waals surface area contributed by atoms with E-state index < -0.39 is 6.55 Å². The van der Waals surface area contributed by atoms with Crippen LogP contribution in [0.25, 0.3) is 0 Å². The summed E-state index contributed by atoms with van der Waals surface area (Å²) < 4.78 is 31.9. The Morgan fingerprint density at radius 3 is 2.95 bits per heavy atom. The van der Waals surface area contributed by atoms with Gasteiger partial charge in [-0.15, -0.1) is 0 Å². The highest BCUT2D eigenvalue weighted by Crippen LogP contribution is 2.22. The van der Waals surface area contributed by atoms with Crippen LogP contribution < -0.4 is 4.74 Å². The Morgan fingerprint density at radius 2 is 2.26 bits per heavy atom.